The van der Waals surface area contributed by atoms with Gasteiger partial charge in [0.15, 0.2) is 15.8 Å². The fraction of sp³-hybridized carbons (Fsp3) is 0.500. The molecule has 28 heavy (non-hydrogen) atoms. The first-order valence-electron chi connectivity index (χ1n) is 9.51. The summed E-state index contributed by atoms with van der Waals surface area (Å²) in [6.07, 6.45) is 3.65. The number of aliphatic imine (C=N–C) groups is 1. The Labute approximate surface area is 168 Å². The highest BCUT2D eigenvalue weighted by atomic mass is 32.2. The molecule has 2 N–H and O–H groups in total. The van der Waals surface area contributed by atoms with E-state index < -0.39 is 14.6 Å². The fourth-order valence-electron chi connectivity index (χ4n) is 2.55. The van der Waals surface area contributed by atoms with Gasteiger partial charge in [-0.1, -0.05) is 12.1 Å². The maximum Gasteiger partial charge on any atom is 0.191 e. The zero-order valence-corrected chi connectivity index (χ0v) is 18.1. The SMILES string of the molecule is CCNC(=NCCS(=O)(=O)C(C)(C)C)NC(C)c1cccc(-n2cccn2)c1. The minimum Gasteiger partial charge on any atom is -0.357 e. The molecule has 1 heterocycles. The highest BCUT2D eigenvalue weighted by molar-refractivity contribution is 7.92. The van der Waals surface area contributed by atoms with Crippen LogP contribution >= 0.6 is 0 Å². The van der Waals surface area contributed by atoms with Gasteiger partial charge in [0, 0.05) is 18.9 Å². The third-order valence-corrected chi connectivity index (χ3v) is 6.99. The lowest BCUT2D eigenvalue weighted by Gasteiger charge is -2.20. The van der Waals surface area contributed by atoms with Crippen LogP contribution in [0.4, 0.5) is 0 Å². The van der Waals surface area contributed by atoms with Crippen molar-refractivity contribution in [1.82, 2.24) is 20.4 Å². The normalized spacial score (nSPS) is 14.0. The van der Waals surface area contributed by atoms with Crippen molar-refractivity contribution in [2.45, 2.75) is 45.4 Å². The molecule has 2 rings (SSSR count). The lowest BCUT2D eigenvalue weighted by atomic mass is 10.1. The molecule has 0 radical (unpaired) electrons. The van der Waals surface area contributed by atoms with Crippen LogP contribution in [0.1, 0.15) is 46.2 Å². The Bertz CT molecular complexity index is 884. The van der Waals surface area contributed by atoms with E-state index in [9.17, 15) is 8.42 Å². The molecule has 8 heteroatoms. The van der Waals surface area contributed by atoms with Gasteiger partial charge in [-0.15, -0.1) is 0 Å². The third kappa shape index (κ3) is 5.82. The smallest absolute Gasteiger partial charge is 0.191 e. The molecule has 0 spiro atoms. The number of nitrogens with one attached hydrogen (secondary N) is 2. The molecule has 0 saturated carbocycles. The molecule has 1 unspecified atom stereocenters. The predicted octanol–water partition coefficient (Wildman–Crippen LogP) is 2.70. The Morgan fingerprint density at radius 3 is 2.64 bits per heavy atom. The van der Waals surface area contributed by atoms with E-state index in [0.717, 1.165) is 11.3 Å². The second-order valence-electron chi connectivity index (χ2n) is 7.60. The lowest BCUT2D eigenvalue weighted by molar-refractivity contribution is 0.560. The molecule has 1 atom stereocenters. The topological polar surface area (TPSA) is 88.4 Å². The van der Waals surface area contributed by atoms with Gasteiger partial charge in [0.1, 0.15) is 0 Å². The van der Waals surface area contributed by atoms with Crippen LogP contribution in [-0.4, -0.2) is 47.7 Å². The quantitative estimate of drug-likeness (QED) is 0.546. The molecule has 0 aliphatic heterocycles. The number of nitrogens with zero attached hydrogens (tertiary/aromatic N) is 3. The summed E-state index contributed by atoms with van der Waals surface area (Å²) in [5.41, 5.74) is 2.07. The van der Waals surface area contributed by atoms with Crippen molar-refractivity contribution in [3.8, 4) is 5.69 Å². The van der Waals surface area contributed by atoms with Crippen LogP contribution in [0.3, 0.4) is 0 Å². The van der Waals surface area contributed by atoms with Gasteiger partial charge in [-0.25, -0.2) is 13.1 Å². The van der Waals surface area contributed by atoms with Crippen LogP contribution in [-0.2, 0) is 9.84 Å². The molecular formula is C20H31N5O2S. The highest BCUT2D eigenvalue weighted by Crippen LogP contribution is 2.17. The van der Waals surface area contributed by atoms with Crippen molar-refractivity contribution in [3.63, 3.8) is 0 Å². The average Bonchev–Trinajstić information content (AvgIpc) is 3.15. The van der Waals surface area contributed by atoms with Gasteiger partial charge in [0.05, 0.1) is 28.8 Å². The third-order valence-electron chi connectivity index (χ3n) is 4.40. The van der Waals surface area contributed by atoms with Gasteiger partial charge in [0.2, 0.25) is 0 Å². The second-order valence-corrected chi connectivity index (χ2v) is 10.5. The summed E-state index contributed by atoms with van der Waals surface area (Å²) in [5.74, 6) is 0.625. The van der Waals surface area contributed by atoms with E-state index in [1.807, 2.05) is 49.0 Å². The molecule has 154 valence electrons. The summed E-state index contributed by atoms with van der Waals surface area (Å²) in [6.45, 7) is 10.1. The largest absolute Gasteiger partial charge is 0.357 e. The van der Waals surface area contributed by atoms with Crippen LogP contribution in [0.25, 0.3) is 5.69 Å². The molecule has 0 fully saturated rings. The molecule has 0 aliphatic rings. The molecule has 0 saturated heterocycles. The van der Waals surface area contributed by atoms with Crippen molar-refractivity contribution in [1.29, 1.82) is 0 Å². The molecule has 0 aliphatic carbocycles. The minimum absolute atomic E-state index is 0.00691. The minimum atomic E-state index is -3.19. The lowest BCUT2D eigenvalue weighted by Crippen LogP contribution is -2.39. The maximum atomic E-state index is 12.3. The number of hydrogen-bond acceptors (Lipinski definition) is 4. The van der Waals surface area contributed by atoms with Gasteiger partial charge < -0.3 is 10.6 Å². The zero-order chi connectivity index (χ0) is 20.8. The van der Waals surface area contributed by atoms with Crippen molar-refractivity contribution in [3.05, 3.63) is 48.3 Å². The monoisotopic (exact) mass is 405 g/mol. The number of benzene rings is 1. The van der Waals surface area contributed by atoms with E-state index in [1.165, 1.54) is 0 Å². The van der Waals surface area contributed by atoms with Crippen LogP contribution in [0.2, 0.25) is 0 Å². The van der Waals surface area contributed by atoms with E-state index in [0.29, 0.717) is 12.5 Å². The van der Waals surface area contributed by atoms with E-state index in [4.69, 9.17) is 0 Å². The van der Waals surface area contributed by atoms with Crippen LogP contribution in [0, 0.1) is 0 Å². The van der Waals surface area contributed by atoms with Crippen LogP contribution in [0.15, 0.2) is 47.7 Å². The zero-order valence-electron chi connectivity index (χ0n) is 17.3. The summed E-state index contributed by atoms with van der Waals surface area (Å²) >= 11 is 0. The Balaban J connectivity index is 2.08. The second kappa shape index (κ2) is 9.23. The number of sulfone groups is 1. The van der Waals surface area contributed by atoms with Crippen molar-refractivity contribution < 1.29 is 8.42 Å². The molecule has 2 aromatic rings. The summed E-state index contributed by atoms with van der Waals surface area (Å²) in [5, 5.41) is 10.8. The Hall–Kier alpha value is -2.35. The van der Waals surface area contributed by atoms with Crippen LogP contribution in [0.5, 0.6) is 0 Å². The summed E-state index contributed by atoms with van der Waals surface area (Å²) in [6, 6.07) is 9.98. The van der Waals surface area contributed by atoms with Crippen molar-refractivity contribution >= 4 is 15.8 Å². The maximum absolute atomic E-state index is 12.3. The average molecular weight is 406 g/mol. The van der Waals surface area contributed by atoms with Gasteiger partial charge in [-0.2, -0.15) is 5.10 Å². The summed E-state index contributed by atoms with van der Waals surface area (Å²) in [4.78, 5) is 4.45. The molecule has 0 amide bonds. The first kappa shape index (κ1) is 21.9. The Kier molecular flexibility index (Phi) is 7.23. The van der Waals surface area contributed by atoms with Crippen molar-refractivity contribution in [2.24, 2.45) is 4.99 Å². The number of guanidine groups is 1. The van der Waals surface area contributed by atoms with Gasteiger partial charge in [-0.05, 0) is 58.4 Å². The Morgan fingerprint density at radius 2 is 2.04 bits per heavy atom. The van der Waals surface area contributed by atoms with E-state index >= 15 is 0 Å². The molecular weight excluding hydrogens is 374 g/mol. The van der Waals surface area contributed by atoms with Gasteiger partial charge >= 0.3 is 0 Å². The number of aromatic nitrogens is 2. The van der Waals surface area contributed by atoms with Gasteiger partial charge in [0.25, 0.3) is 0 Å². The van der Waals surface area contributed by atoms with E-state index in [1.54, 1.807) is 27.0 Å². The summed E-state index contributed by atoms with van der Waals surface area (Å²) in [7, 11) is -3.19. The molecule has 1 aromatic heterocycles. The van der Waals surface area contributed by atoms with Gasteiger partial charge in [-0.3, -0.25) is 4.99 Å². The standard InChI is InChI=1S/C20H31N5O2S/c1-6-21-19(22-12-14-28(26,27)20(3,4)5)24-16(2)17-9-7-10-18(15-17)25-13-8-11-23-25/h7-11,13,15-16H,6,12,14H2,1-5H3,(H2,21,22,24). The predicted molar refractivity (Wildman–Crippen MR) is 115 cm³/mol. The Morgan fingerprint density at radius 1 is 1.29 bits per heavy atom. The van der Waals surface area contributed by atoms with E-state index in [2.05, 4.69) is 26.8 Å². The summed E-state index contributed by atoms with van der Waals surface area (Å²) < 4.78 is 25.6. The molecule has 0 bridgehead atoms. The first-order chi connectivity index (χ1) is 13.1. The first-order valence-corrected chi connectivity index (χ1v) is 11.2. The number of hydrogen-bond donors (Lipinski definition) is 2. The van der Waals surface area contributed by atoms with E-state index in [-0.39, 0.29) is 18.3 Å². The van der Waals surface area contributed by atoms with Crippen molar-refractivity contribution in [2.75, 3.05) is 18.8 Å². The fourth-order valence-corrected chi connectivity index (χ4v) is 3.49. The molecule has 7 nitrogen and oxygen atoms in total. The highest BCUT2D eigenvalue weighted by Gasteiger charge is 2.28. The van der Waals surface area contributed by atoms with Crippen LogP contribution < -0.4 is 10.6 Å². The molecule has 1 aromatic carbocycles. The number of rotatable bonds is 7.